The van der Waals surface area contributed by atoms with Gasteiger partial charge in [0.15, 0.2) is 34.4 Å². The maximum Gasteiger partial charge on any atom is 0.234 e. The van der Waals surface area contributed by atoms with Crippen LogP contribution in [0.25, 0.3) is 0 Å². The van der Waals surface area contributed by atoms with Gasteiger partial charge in [0.05, 0.1) is 12.9 Å². The molecule has 0 fully saturated rings. The number of ketones is 1. The van der Waals surface area contributed by atoms with Gasteiger partial charge in [0.1, 0.15) is 0 Å². The monoisotopic (exact) mass is 468 g/mol. The molecule has 0 saturated heterocycles. The number of nitrogens with zero attached hydrogens (tertiary/aromatic N) is 3. The standard InChI is InChI=1S/C24H28N4O4S/c1-15(2)28-23(17(4)32-21-9-7-6-8-20(21)31-5)26-27-24(28)33-14-22(30)25-19-12-10-18(11-13-19)16(3)29/h6-13,15,17H,14H2,1-5H3,(H,25,30). The first kappa shape index (κ1) is 24.3. The highest BCUT2D eigenvalue weighted by atomic mass is 32.2. The van der Waals surface area contributed by atoms with Crippen LogP contribution in [0.15, 0.2) is 53.7 Å². The molecule has 8 nitrogen and oxygen atoms in total. The van der Waals surface area contributed by atoms with E-state index in [4.69, 9.17) is 9.47 Å². The number of amides is 1. The van der Waals surface area contributed by atoms with Crippen molar-refractivity contribution in [2.45, 2.75) is 45.0 Å². The number of carbonyl (C=O) groups is 2. The van der Waals surface area contributed by atoms with Gasteiger partial charge in [-0.2, -0.15) is 0 Å². The van der Waals surface area contributed by atoms with Crippen molar-refractivity contribution in [3.63, 3.8) is 0 Å². The van der Waals surface area contributed by atoms with Gasteiger partial charge in [-0.1, -0.05) is 23.9 Å². The SMILES string of the molecule is COc1ccccc1OC(C)c1nnc(SCC(=O)Nc2ccc(C(C)=O)cc2)n1C(C)C. The van der Waals surface area contributed by atoms with Crippen molar-refractivity contribution in [2.24, 2.45) is 0 Å². The third kappa shape index (κ3) is 6.13. The van der Waals surface area contributed by atoms with E-state index in [9.17, 15) is 9.59 Å². The van der Waals surface area contributed by atoms with E-state index in [2.05, 4.69) is 15.5 Å². The summed E-state index contributed by atoms with van der Waals surface area (Å²) in [6, 6.07) is 14.3. The number of aromatic nitrogens is 3. The Morgan fingerprint density at radius 3 is 2.30 bits per heavy atom. The van der Waals surface area contributed by atoms with E-state index in [1.807, 2.05) is 49.6 Å². The van der Waals surface area contributed by atoms with E-state index in [0.717, 1.165) is 0 Å². The Morgan fingerprint density at radius 2 is 1.70 bits per heavy atom. The Balaban J connectivity index is 1.67. The van der Waals surface area contributed by atoms with Crippen LogP contribution >= 0.6 is 11.8 Å². The number of thioether (sulfide) groups is 1. The van der Waals surface area contributed by atoms with Crippen molar-refractivity contribution in [1.29, 1.82) is 0 Å². The number of ether oxygens (including phenoxy) is 2. The second-order valence-electron chi connectivity index (χ2n) is 7.69. The lowest BCUT2D eigenvalue weighted by atomic mass is 10.1. The Bertz CT molecular complexity index is 1110. The molecule has 0 aliphatic carbocycles. The van der Waals surface area contributed by atoms with Gasteiger partial charge in [-0.15, -0.1) is 10.2 Å². The highest BCUT2D eigenvalue weighted by Crippen LogP contribution is 2.32. The van der Waals surface area contributed by atoms with Gasteiger partial charge in [-0.05, 0) is 64.1 Å². The van der Waals surface area contributed by atoms with E-state index in [0.29, 0.717) is 33.7 Å². The minimum Gasteiger partial charge on any atom is -0.493 e. The third-order valence-electron chi connectivity index (χ3n) is 4.85. The molecule has 0 radical (unpaired) electrons. The van der Waals surface area contributed by atoms with Crippen LogP contribution in [0, 0.1) is 0 Å². The van der Waals surface area contributed by atoms with Crippen LogP contribution < -0.4 is 14.8 Å². The summed E-state index contributed by atoms with van der Waals surface area (Å²) < 4.78 is 13.4. The number of benzene rings is 2. The van der Waals surface area contributed by atoms with Gasteiger partial charge in [-0.3, -0.25) is 9.59 Å². The fourth-order valence-electron chi connectivity index (χ4n) is 3.22. The number of anilines is 1. The van der Waals surface area contributed by atoms with E-state index in [1.54, 1.807) is 31.4 Å². The Kier molecular flexibility index (Phi) is 8.11. The molecule has 174 valence electrons. The Hall–Kier alpha value is -3.33. The van der Waals surface area contributed by atoms with Crippen molar-refractivity contribution >= 4 is 29.1 Å². The molecule has 1 N–H and O–H groups in total. The Labute approximate surface area is 197 Å². The average Bonchev–Trinajstić information content (AvgIpc) is 3.23. The molecule has 1 atom stereocenters. The Morgan fingerprint density at radius 1 is 1.03 bits per heavy atom. The zero-order chi connectivity index (χ0) is 24.0. The zero-order valence-electron chi connectivity index (χ0n) is 19.4. The molecule has 0 spiro atoms. The number of methoxy groups -OCH3 is 1. The first-order valence-corrected chi connectivity index (χ1v) is 11.6. The van der Waals surface area contributed by atoms with Crippen LogP contribution in [-0.4, -0.2) is 39.3 Å². The predicted octanol–water partition coefficient (Wildman–Crippen LogP) is 4.94. The number of rotatable bonds is 10. The number of hydrogen-bond donors (Lipinski definition) is 1. The fraction of sp³-hybridized carbons (Fsp3) is 0.333. The van der Waals surface area contributed by atoms with Crippen molar-refractivity contribution < 1.29 is 19.1 Å². The normalized spacial score (nSPS) is 11.8. The molecule has 1 amide bonds. The molecule has 1 heterocycles. The van der Waals surface area contributed by atoms with Crippen LogP contribution in [0.1, 0.15) is 56.0 Å². The van der Waals surface area contributed by atoms with E-state index < -0.39 is 0 Å². The second-order valence-corrected chi connectivity index (χ2v) is 8.63. The molecule has 33 heavy (non-hydrogen) atoms. The summed E-state index contributed by atoms with van der Waals surface area (Å²) in [6.45, 7) is 7.47. The smallest absolute Gasteiger partial charge is 0.234 e. The maximum atomic E-state index is 12.4. The maximum absolute atomic E-state index is 12.4. The topological polar surface area (TPSA) is 95.3 Å². The highest BCUT2D eigenvalue weighted by Gasteiger charge is 2.23. The molecule has 9 heteroatoms. The molecule has 0 aliphatic heterocycles. The minimum absolute atomic E-state index is 0.0174. The lowest BCUT2D eigenvalue weighted by molar-refractivity contribution is -0.113. The summed E-state index contributed by atoms with van der Waals surface area (Å²) in [5.41, 5.74) is 1.24. The number of carbonyl (C=O) groups excluding carboxylic acids is 2. The molecule has 1 aromatic heterocycles. The van der Waals surface area contributed by atoms with Gasteiger partial charge >= 0.3 is 0 Å². The summed E-state index contributed by atoms with van der Waals surface area (Å²) in [4.78, 5) is 23.8. The number of Topliss-reactive ketones (excluding diaryl/α,β-unsaturated/α-hetero) is 1. The largest absolute Gasteiger partial charge is 0.493 e. The molecule has 0 bridgehead atoms. The van der Waals surface area contributed by atoms with Crippen LogP contribution in [0.2, 0.25) is 0 Å². The average molecular weight is 469 g/mol. The second kappa shape index (κ2) is 11.0. The molecule has 0 aliphatic rings. The van der Waals surface area contributed by atoms with E-state index in [1.165, 1.54) is 18.7 Å². The summed E-state index contributed by atoms with van der Waals surface area (Å²) in [7, 11) is 1.60. The summed E-state index contributed by atoms with van der Waals surface area (Å²) in [5, 5.41) is 12.1. The molecular formula is C24H28N4O4S. The van der Waals surface area contributed by atoms with Crippen molar-refractivity contribution in [3.8, 4) is 11.5 Å². The van der Waals surface area contributed by atoms with Crippen LogP contribution in [-0.2, 0) is 4.79 Å². The number of nitrogens with one attached hydrogen (secondary N) is 1. The molecule has 3 aromatic rings. The fourth-order valence-corrected chi connectivity index (χ4v) is 4.10. The van der Waals surface area contributed by atoms with Crippen LogP contribution in [0.5, 0.6) is 11.5 Å². The van der Waals surface area contributed by atoms with Gasteiger partial charge < -0.3 is 19.4 Å². The lowest BCUT2D eigenvalue weighted by Gasteiger charge is -2.19. The van der Waals surface area contributed by atoms with Gasteiger partial charge in [0, 0.05) is 17.3 Å². The zero-order valence-corrected chi connectivity index (χ0v) is 20.2. The molecule has 2 aromatic carbocycles. The number of hydrogen-bond acceptors (Lipinski definition) is 7. The summed E-state index contributed by atoms with van der Waals surface area (Å²) in [5.74, 6) is 1.91. The molecule has 1 unspecified atom stereocenters. The first-order valence-electron chi connectivity index (χ1n) is 10.6. The lowest BCUT2D eigenvalue weighted by Crippen LogP contribution is -2.16. The van der Waals surface area contributed by atoms with Crippen LogP contribution in [0.4, 0.5) is 5.69 Å². The van der Waals surface area contributed by atoms with E-state index in [-0.39, 0.29) is 29.6 Å². The molecular weight excluding hydrogens is 440 g/mol. The molecule has 0 saturated carbocycles. The van der Waals surface area contributed by atoms with Crippen molar-refractivity contribution in [3.05, 3.63) is 59.9 Å². The summed E-state index contributed by atoms with van der Waals surface area (Å²) in [6.07, 6.45) is -0.376. The first-order chi connectivity index (χ1) is 15.8. The molecule has 3 rings (SSSR count). The minimum atomic E-state index is -0.376. The highest BCUT2D eigenvalue weighted by molar-refractivity contribution is 7.99. The van der Waals surface area contributed by atoms with Crippen molar-refractivity contribution in [2.75, 3.05) is 18.2 Å². The van der Waals surface area contributed by atoms with Gasteiger partial charge in [-0.25, -0.2) is 0 Å². The third-order valence-corrected chi connectivity index (χ3v) is 5.79. The van der Waals surface area contributed by atoms with Gasteiger partial charge in [0.25, 0.3) is 0 Å². The van der Waals surface area contributed by atoms with Crippen LogP contribution in [0.3, 0.4) is 0 Å². The van der Waals surface area contributed by atoms with Gasteiger partial charge in [0.2, 0.25) is 5.91 Å². The quantitative estimate of drug-likeness (QED) is 0.332. The predicted molar refractivity (Wildman–Crippen MR) is 128 cm³/mol. The van der Waals surface area contributed by atoms with E-state index >= 15 is 0 Å². The van der Waals surface area contributed by atoms with Crippen molar-refractivity contribution in [1.82, 2.24) is 14.8 Å². The number of para-hydroxylation sites is 2. The summed E-state index contributed by atoms with van der Waals surface area (Å²) >= 11 is 1.31.